The molecule has 2 rings (SSSR count). The number of hydrogen-bond donors (Lipinski definition) is 0. The summed E-state index contributed by atoms with van der Waals surface area (Å²) < 4.78 is 0. The Hall–Kier alpha value is -1.02. The number of carbonyl (C=O) groups excluding carboxylic acids is 1. The van der Waals surface area contributed by atoms with Gasteiger partial charge in [-0.05, 0) is 35.4 Å². The fourth-order valence-corrected chi connectivity index (χ4v) is 2.39. The highest BCUT2D eigenvalue weighted by molar-refractivity contribution is 6.68. The zero-order chi connectivity index (χ0) is 12.4. The van der Waals surface area contributed by atoms with Gasteiger partial charge in [0.1, 0.15) is 0 Å². The predicted molar refractivity (Wildman–Crippen MR) is 72.1 cm³/mol. The fourth-order valence-electron chi connectivity index (χ4n) is 1.63. The Morgan fingerprint density at radius 1 is 0.882 bits per heavy atom. The van der Waals surface area contributed by atoms with Crippen LogP contribution in [-0.4, -0.2) is 5.24 Å². The van der Waals surface area contributed by atoms with Crippen LogP contribution in [0, 0.1) is 0 Å². The molecule has 0 unspecified atom stereocenters. The molecule has 0 spiro atoms. The lowest BCUT2D eigenvalue weighted by Crippen LogP contribution is -1.94. The summed E-state index contributed by atoms with van der Waals surface area (Å²) >= 11 is 17.7. The second-order valence-corrected chi connectivity index (χ2v) is 4.57. The molecule has 0 atom stereocenters. The minimum Gasteiger partial charge on any atom is -0.276 e. The van der Waals surface area contributed by atoms with Crippen molar-refractivity contribution >= 4 is 40.0 Å². The molecule has 2 aromatic carbocycles. The number of rotatable bonds is 2. The van der Waals surface area contributed by atoms with Crippen LogP contribution in [0.25, 0.3) is 11.1 Å². The van der Waals surface area contributed by atoms with E-state index >= 15 is 0 Å². The standard InChI is InChI=1S/C13H7Cl3O/c14-10-6-3-7-11(15)12(10)8-4-1-2-5-9(8)13(16)17/h1-7H. The molecule has 0 fully saturated rings. The van der Waals surface area contributed by atoms with E-state index in [1.165, 1.54) is 0 Å². The van der Waals surface area contributed by atoms with Crippen LogP contribution in [0.4, 0.5) is 0 Å². The maximum absolute atomic E-state index is 11.3. The summed E-state index contributed by atoms with van der Waals surface area (Å²) in [6.45, 7) is 0. The maximum atomic E-state index is 11.3. The van der Waals surface area contributed by atoms with E-state index in [4.69, 9.17) is 34.8 Å². The van der Waals surface area contributed by atoms with Gasteiger partial charge >= 0.3 is 0 Å². The third-order valence-electron chi connectivity index (χ3n) is 2.37. The van der Waals surface area contributed by atoms with Crippen molar-refractivity contribution in [1.82, 2.24) is 0 Å². The van der Waals surface area contributed by atoms with E-state index in [9.17, 15) is 4.79 Å². The Morgan fingerprint density at radius 3 is 2.06 bits per heavy atom. The SMILES string of the molecule is O=C(Cl)c1ccccc1-c1c(Cl)cccc1Cl. The minimum atomic E-state index is -0.531. The quantitative estimate of drug-likeness (QED) is 0.707. The monoisotopic (exact) mass is 284 g/mol. The van der Waals surface area contributed by atoms with Crippen LogP contribution in [0.3, 0.4) is 0 Å². The summed E-state index contributed by atoms with van der Waals surface area (Å²) in [5.41, 5.74) is 1.66. The Balaban J connectivity index is 2.73. The van der Waals surface area contributed by atoms with Gasteiger partial charge in [0.15, 0.2) is 0 Å². The van der Waals surface area contributed by atoms with E-state index in [0.717, 1.165) is 0 Å². The van der Waals surface area contributed by atoms with E-state index in [1.807, 2.05) is 0 Å². The Labute approximate surface area is 114 Å². The minimum absolute atomic E-state index is 0.393. The fraction of sp³-hybridized carbons (Fsp3) is 0. The van der Waals surface area contributed by atoms with Crippen molar-refractivity contribution in [2.75, 3.05) is 0 Å². The van der Waals surface area contributed by atoms with Crippen molar-refractivity contribution in [3.05, 3.63) is 58.1 Å². The summed E-state index contributed by atoms with van der Waals surface area (Å²) in [4.78, 5) is 11.3. The molecule has 0 saturated carbocycles. The van der Waals surface area contributed by atoms with Crippen molar-refractivity contribution in [1.29, 1.82) is 0 Å². The van der Waals surface area contributed by atoms with Gasteiger partial charge < -0.3 is 0 Å². The molecule has 17 heavy (non-hydrogen) atoms. The molecule has 0 amide bonds. The molecule has 86 valence electrons. The second-order valence-electron chi connectivity index (χ2n) is 3.42. The van der Waals surface area contributed by atoms with Crippen LogP contribution >= 0.6 is 34.8 Å². The summed E-state index contributed by atoms with van der Waals surface area (Å²) in [5.74, 6) is 0. The van der Waals surface area contributed by atoms with Crippen LogP contribution in [0.1, 0.15) is 10.4 Å². The van der Waals surface area contributed by atoms with Crippen molar-refractivity contribution in [2.24, 2.45) is 0 Å². The van der Waals surface area contributed by atoms with E-state index < -0.39 is 5.24 Å². The van der Waals surface area contributed by atoms with Gasteiger partial charge in [0.05, 0.1) is 0 Å². The summed E-state index contributed by atoms with van der Waals surface area (Å²) in [6, 6.07) is 12.1. The van der Waals surface area contributed by atoms with Gasteiger partial charge in [-0.3, -0.25) is 4.79 Å². The Morgan fingerprint density at radius 2 is 1.47 bits per heavy atom. The zero-order valence-corrected chi connectivity index (χ0v) is 10.9. The molecule has 0 bridgehead atoms. The van der Waals surface area contributed by atoms with E-state index in [0.29, 0.717) is 26.7 Å². The molecule has 0 radical (unpaired) electrons. The maximum Gasteiger partial charge on any atom is 0.253 e. The third-order valence-corrected chi connectivity index (χ3v) is 3.20. The highest BCUT2D eigenvalue weighted by atomic mass is 35.5. The van der Waals surface area contributed by atoms with Crippen LogP contribution in [0.5, 0.6) is 0 Å². The van der Waals surface area contributed by atoms with Gasteiger partial charge in [-0.1, -0.05) is 47.5 Å². The number of benzene rings is 2. The average Bonchev–Trinajstić information content (AvgIpc) is 2.29. The van der Waals surface area contributed by atoms with Crippen LogP contribution in [0.2, 0.25) is 10.0 Å². The lowest BCUT2D eigenvalue weighted by molar-refractivity contribution is 0.108. The summed E-state index contributed by atoms with van der Waals surface area (Å²) in [7, 11) is 0. The molecule has 0 aliphatic heterocycles. The molecular weight excluding hydrogens is 279 g/mol. The van der Waals surface area contributed by atoms with E-state index in [-0.39, 0.29) is 0 Å². The lowest BCUT2D eigenvalue weighted by Gasteiger charge is -2.09. The van der Waals surface area contributed by atoms with Gasteiger partial charge in [0, 0.05) is 21.2 Å². The molecule has 0 saturated heterocycles. The van der Waals surface area contributed by atoms with Crippen molar-refractivity contribution in [2.45, 2.75) is 0 Å². The van der Waals surface area contributed by atoms with Gasteiger partial charge in [-0.15, -0.1) is 0 Å². The molecule has 1 nitrogen and oxygen atoms in total. The lowest BCUT2D eigenvalue weighted by atomic mass is 10.0. The molecule has 4 heteroatoms. The van der Waals surface area contributed by atoms with Crippen LogP contribution in [0.15, 0.2) is 42.5 Å². The van der Waals surface area contributed by atoms with Gasteiger partial charge in [0.2, 0.25) is 0 Å². The van der Waals surface area contributed by atoms with Gasteiger partial charge in [-0.25, -0.2) is 0 Å². The van der Waals surface area contributed by atoms with E-state index in [2.05, 4.69) is 0 Å². The highest BCUT2D eigenvalue weighted by Crippen LogP contribution is 2.36. The number of halogens is 3. The van der Waals surface area contributed by atoms with E-state index in [1.54, 1.807) is 42.5 Å². The molecule has 0 aromatic heterocycles. The van der Waals surface area contributed by atoms with Crippen molar-refractivity contribution in [3.8, 4) is 11.1 Å². The van der Waals surface area contributed by atoms with Crippen LogP contribution in [-0.2, 0) is 0 Å². The number of hydrogen-bond acceptors (Lipinski definition) is 1. The first-order valence-corrected chi connectivity index (χ1v) is 5.98. The smallest absolute Gasteiger partial charge is 0.253 e. The largest absolute Gasteiger partial charge is 0.276 e. The molecule has 0 N–H and O–H groups in total. The Kier molecular flexibility index (Phi) is 3.72. The predicted octanol–water partition coefficient (Wildman–Crippen LogP) is 5.04. The third kappa shape index (κ3) is 2.47. The second kappa shape index (κ2) is 5.09. The first-order valence-electron chi connectivity index (χ1n) is 4.84. The zero-order valence-electron chi connectivity index (χ0n) is 8.58. The topological polar surface area (TPSA) is 17.1 Å². The normalized spacial score (nSPS) is 10.3. The summed E-state index contributed by atoms with van der Waals surface area (Å²) in [6.07, 6.45) is 0. The summed E-state index contributed by atoms with van der Waals surface area (Å²) in [5, 5.41) is 0.447. The first kappa shape index (κ1) is 12.4. The molecule has 2 aromatic rings. The number of carbonyl (C=O) groups is 1. The first-order chi connectivity index (χ1) is 8.11. The highest BCUT2D eigenvalue weighted by Gasteiger charge is 2.14. The molecular formula is C13H7Cl3O. The van der Waals surface area contributed by atoms with Crippen molar-refractivity contribution in [3.63, 3.8) is 0 Å². The molecule has 0 aliphatic rings. The van der Waals surface area contributed by atoms with Gasteiger partial charge in [-0.2, -0.15) is 0 Å². The molecule has 0 heterocycles. The average molecular weight is 286 g/mol. The van der Waals surface area contributed by atoms with Crippen molar-refractivity contribution < 1.29 is 4.79 Å². The Bertz CT molecular complexity index is 558. The molecule has 0 aliphatic carbocycles. The van der Waals surface area contributed by atoms with Gasteiger partial charge in [0.25, 0.3) is 5.24 Å². The van der Waals surface area contributed by atoms with Crippen LogP contribution < -0.4 is 0 Å².